The number of carbonyl (C=O) groups is 2. The number of aromatic nitrogens is 2. The summed E-state index contributed by atoms with van der Waals surface area (Å²) in [4.78, 5) is 39.8. The first kappa shape index (κ1) is 23.6. The zero-order valence-corrected chi connectivity index (χ0v) is 19.1. The Labute approximate surface area is 190 Å². The van der Waals surface area contributed by atoms with E-state index in [1.165, 1.54) is 18.0 Å². The second-order valence-corrected chi connectivity index (χ2v) is 8.09. The number of amides is 2. The van der Waals surface area contributed by atoms with Gasteiger partial charge in [0.05, 0.1) is 6.20 Å². The minimum Gasteiger partial charge on any atom is -0.340 e. The molecule has 7 heteroatoms. The second-order valence-electron chi connectivity index (χ2n) is 8.09. The minimum absolute atomic E-state index is 0.0329. The van der Waals surface area contributed by atoms with Crippen LogP contribution in [0.5, 0.6) is 0 Å². The van der Waals surface area contributed by atoms with Crippen molar-refractivity contribution in [3.05, 3.63) is 66.3 Å². The highest BCUT2D eigenvalue weighted by Crippen LogP contribution is 2.12. The fraction of sp³-hybridized carbons (Fsp3) is 0.440. The van der Waals surface area contributed by atoms with E-state index in [4.69, 9.17) is 0 Å². The van der Waals surface area contributed by atoms with E-state index in [9.17, 15) is 9.59 Å². The molecule has 2 heterocycles. The summed E-state index contributed by atoms with van der Waals surface area (Å²) in [6, 6.07) is 10.3. The lowest BCUT2D eigenvalue weighted by molar-refractivity contribution is -0.133. The molecule has 1 atom stereocenters. The smallest absolute Gasteiger partial charge is 0.274 e. The van der Waals surface area contributed by atoms with Crippen LogP contribution in [0.25, 0.3) is 6.08 Å². The summed E-state index contributed by atoms with van der Waals surface area (Å²) in [5.41, 5.74) is 1.51. The highest BCUT2D eigenvalue weighted by atomic mass is 16.2. The first-order valence-electron chi connectivity index (χ1n) is 11.4. The zero-order chi connectivity index (χ0) is 22.8. The molecule has 0 N–H and O–H groups in total. The molecule has 7 nitrogen and oxygen atoms in total. The van der Waals surface area contributed by atoms with Crippen LogP contribution in [0.15, 0.2) is 55.0 Å². The third-order valence-corrected chi connectivity index (χ3v) is 5.93. The molecule has 1 aliphatic heterocycles. The average Bonchev–Trinajstić information content (AvgIpc) is 2.85. The van der Waals surface area contributed by atoms with Crippen LogP contribution in [0.2, 0.25) is 0 Å². The molecule has 0 saturated carbocycles. The molecule has 1 aromatic carbocycles. The van der Waals surface area contributed by atoms with Crippen molar-refractivity contribution in [1.82, 2.24) is 24.7 Å². The van der Waals surface area contributed by atoms with E-state index in [-0.39, 0.29) is 17.9 Å². The molecule has 32 heavy (non-hydrogen) atoms. The number of nitrogens with zero attached hydrogens (tertiary/aromatic N) is 5. The summed E-state index contributed by atoms with van der Waals surface area (Å²) in [5.74, 6) is -0.0694. The van der Waals surface area contributed by atoms with Gasteiger partial charge in [0.2, 0.25) is 5.91 Å². The maximum atomic E-state index is 12.9. The Kier molecular flexibility index (Phi) is 8.92. The van der Waals surface area contributed by atoms with Gasteiger partial charge in [-0.25, -0.2) is 4.98 Å². The molecule has 1 aliphatic rings. The third-order valence-electron chi connectivity index (χ3n) is 5.93. The van der Waals surface area contributed by atoms with Crippen molar-refractivity contribution in [2.75, 3.05) is 39.3 Å². The average molecular weight is 436 g/mol. The highest BCUT2D eigenvalue weighted by molar-refractivity contribution is 5.92. The second kappa shape index (κ2) is 12.1. The molecular weight excluding hydrogens is 402 g/mol. The van der Waals surface area contributed by atoms with Crippen LogP contribution in [-0.2, 0) is 4.79 Å². The summed E-state index contributed by atoms with van der Waals surface area (Å²) in [6.45, 7) is 8.47. The Balaban J connectivity index is 1.46. The van der Waals surface area contributed by atoms with E-state index in [1.807, 2.05) is 36.9 Å². The van der Waals surface area contributed by atoms with Gasteiger partial charge in [0.1, 0.15) is 5.69 Å². The first-order valence-corrected chi connectivity index (χ1v) is 11.4. The number of piperazine rings is 1. The van der Waals surface area contributed by atoms with Crippen LogP contribution >= 0.6 is 0 Å². The maximum Gasteiger partial charge on any atom is 0.274 e. The predicted octanol–water partition coefficient (Wildman–Crippen LogP) is 2.97. The van der Waals surface area contributed by atoms with Crippen LogP contribution in [0.3, 0.4) is 0 Å². The summed E-state index contributed by atoms with van der Waals surface area (Å²) >= 11 is 0. The lowest BCUT2D eigenvalue weighted by Crippen LogP contribution is -2.49. The van der Waals surface area contributed by atoms with Gasteiger partial charge in [-0.15, -0.1) is 0 Å². The monoisotopic (exact) mass is 435 g/mol. The van der Waals surface area contributed by atoms with Crippen molar-refractivity contribution in [3.63, 3.8) is 0 Å². The van der Waals surface area contributed by atoms with E-state index in [0.29, 0.717) is 18.7 Å². The standard InChI is InChI=1S/C25H33N5O2/c1-3-21(2)30(25(32)23-20-26-12-13-27-23)15-11-24(31)29-18-16-28(17-19-29)14-7-10-22-8-5-4-6-9-22/h4-10,12-13,20-21H,3,11,14-19H2,1-2H3/b10-7+. The number of benzene rings is 1. The van der Waals surface area contributed by atoms with E-state index >= 15 is 0 Å². The molecule has 1 unspecified atom stereocenters. The fourth-order valence-electron chi connectivity index (χ4n) is 3.76. The quantitative estimate of drug-likeness (QED) is 0.606. The van der Waals surface area contributed by atoms with Crippen LogP contribution in [0.1, 0.15) is 42.7 Å². The van der Waals surface area contributed by atoms with Crippen molar-refractivity contribution in [2.45, 2.75) is 32.7 Å². The Morgan fingerprint density at radius 3 is 2.53 bits per heavy atom. The number of hydrogen-bond donors (Lipinski definition) is 0. The topological polar surface area (TPSA) is 69.6 Å². The van der Waals surface area contributed by atoms with Crippen LogP contribution in [-0.4, -0.2) is 81.8 Å². The van der Waals surface area contributed by atoms with E-state index in [2.05, 4.69) is 39.2 Å². The molecule has 1 aromatic heterocycles. The molecule has 0 spiro atoms. The Hall–Kier alpha value is -3.06. The van der Waals surface area contributed by atoms with Crippen LogP contribution in [0, 0.1) is 0 Å². The molecule has 1 fully saturated rings. The maximum absolute atomic E-state index is 12.9. The van der Waals surface area contributed by atoms with Crippen molar-refractivity contribution >= 4 is 17.9 Å². The molecular formula is C25H33N5O2. The van der Waals surface area contributed by atoms with Crippen LogP contribution < -0.4 is 0 Å². The molecule has 3 rings (SSSR count). The summed E-state index contributed by atoms with van der Waals surface area (Å²) < 4.78 is 0. The molecule has 0 bridgehead atoms. The van der Waals surface area contributed by atoms with Gasteiger partial charge in [-0.2, -0.15) is 0 Å². The lowest BCUT2D eigenvalue weighted by atomic mass is 10.1. The number of carbonyl (C=O) groups excluding carboxylic acids is 2. The van der Waals surface area contributed by atoms with Crippen molar-refractivity contribution < 1.29 is 9.59 Å². The van der Waals surface area contributed by atoms with Gasteiger partial charge in [-0.05, 0) is 18.9 Å². The fourth-order valence-corrected chi connectivity index (χ4v) is 3.76. The summed E-state index contributed by atoms with van der Waals surface area (Å²) in [7, 11) is 0. The van der Waals surface area contributed by atoms with E-state index in [1.54, 1.807) is 11.1 Å². The Morgan fingerprint density at radius 1 is 1.12 bits per heavy atom. The van der Waals surface area contributed by atoms with Gasteiger partial charge in [0, 0.05) is 64.1 Å². The normalized spacial score (nSPS) is 15.6. The third kappa shape index (κ3) is 6.72. The van der Waals surface area contributed by atoms with Gasteiger partial charge in [-0.3, -0.25) is 19.5 Å². The Morgan fingerprint density at radius 2 is 1.88 bits per heavy atom. The molecule has 2 aromatic rings. The lowest BCUT2D eigenvalue weighted by Gasteiger charge is -2.35. The Bertz CT molecular complexity index is 880. The molecule has 0 aliphatic carbocycles. The molecule has 0 radical (unpaired) electrons. The van der Waals surface area contributed by atoms with E-state index < -0.39 is 0 Å². The van der Waals surface area contributed by atoms with Crippen molar-refractivity contribution in [1.29, 1.82) is 0 Å². The summed E-state index contributed by atoms with van der Waals surface area (Å²) in [5, 5.41) is 0. The first-order chi connectivity index (χ1) is 15.6. The largest absolute Gasteiger partial charge is 0.340 e. The number of rotatable bonds is 9. The summed E-state index contributed by atoms with van der Waals surface area (Å²) in [6.07, 6.45) is 9.99. The predicted molar refractivity (Wildman–Crippen MR) is 126 cm³/mol. The highest BCUT2D eigenvalue weighted by Gasteiger charge is 2.25. The van der Waals surface area contributed by atoms with Gasteiger partial charge in [0.25, 0.3) is 5.91 Å². The molecule has 170 valence electrons. The number of hydrogen-bond acceptors (Lipinski definition) is 5. The molecule has 2 amide bonds. The van der Waals surface area contributed by atoms with Gasteiger partial charge >= 0.3 is 0 Å². The van der Waals surface area contributed by atoms with E-state index in [0.717, 1.165) is 39.1 Å². The van der Waals surface area contributed by atoms with Gasteiger partial charge in [0.15, 0.2) is 0 Å². The van der Waals surface area contributed by atoms with Gasteiger partial charge < -0.3 is 9.80 Å². The SMILES string of the molecule is CCC(C)N(CCC(=O)N1CCN(C/C=C/c2ccccc2)CC1)C(=O)c1cnccn1. The van der Waals surface area contributed by atoms with Crippen LogP contribution in [0.4, 0.5) is 0 Å². The molecule has 1 saturated heterocycles. The minimum atomic E-state index is -0.171. The zero-order valence-electron chi connectivity index (χ0n) is 19.1. The van der Waals surface area contributed by atoms with Crippen molar-refractivity contribution in [3.8, 4) is 0 Å². The van der Waals surface area contributed by atoms with Gasteiger partial charge in [-0.1, -0.05) is 49.4 Å². The van der Waals surface area contributed by atoms with Crippen molar-refractivity contribution in [2.24, 2.45) is 0 Å².